The van der Waals surface area contributed by atoms with E-state index in [1.165, 1.54) is 18.9 Å². The number of carbonyl (C=O) groups excluding carboxylic acids is 1. The highest BCUT2D eigenvalue weighted by Crippen LogP contribution is 2.26. The van der Waals surface area contributed by atoms with E-state index in [4.69, 9.17) is 5.73 Å². The van der Waals surface area contributed by atoms with Crippen LogP contribution < -0.4 is 10.6 Å². The summed E-state index contributed by atoms with van der Waals surface area (Å²) in [6.07, 6.45) is 3.95. The van der Waals surface area contributed by atoms with Gasteiger partial charge in [0.15, 0.2) is 5.69 Å². The molecule has 6 nitrogen and oxygen atoms in total. The summed E-state index contributed by atoms with van der Waals surface area (Å²) in [6, 6.07) is 5.97. The maximum absolute atomic E-state index is 11.5. The van der Waals surface area contributed by atoms with E-state index in [9.17, 15) is 4.79 Å². The number of ether oxygens (including phenoxy) is 1. The minimum absolute atomic E-state index is 0.210. The van der Waals surface area contributed by atoms with Crippen LogP contribution in [0.4, 0.5) is 11.5 Å². The molecule has 0 amide bonds. The molecule has 2 aromatic rings. The second-order valence-corrected chi connectivity index (χ2v) is 4.91. The van der Waals surface area contributed by atoms with Crippen molar-refractivity contribution in [1.82, 2.24) is 9.97 Å². The first-order chi connectivity index (χ1) is 10.2. The lowest BCUT2D eigenvalue weighted by molar-refractivity contribution is 0.0593. The van der Waals surface area contributed by atoms with E-state index in [1.807, 2.05) is 12.1 Å². The number of benzene rings is 1. The van der Waals surface area contributed by atoms with Gasteiger partial charge in [0.1, 0.15) is 5.82 Å². The van der Waals surface area contributed by atoms with E-state index >= 15 is 0 Å². The Morgan fingerprint density at radius 1 is 1.38 bits per heavy atom. The normalized spacial score (nSPS) is 13.7. The van der Waals surface area contributed by atoms with Gasteiger partial charge in [0, 0.05) is 18.8 Å². The predicted octanol–water partition coefficient (Wildman–Crippen LogP) is 1.41. The number of hydrogen-bond acceptors (Lipinski definition) is 6. The summed E-state index contributed by atoms with van der Waals surface area (Å²) in [7, 11) is 1.33. The zero-order chi connectivity index (χ0) is 14.8. The molecular weight excluding hydrogens is 268 g/mol. The Kier molecular flexibility index (Phi) is 3.43. The van der Waals surface area contributed by atoms with Gasteiger partial charge in [-0.2, -0.15) is 0 Å². The second kappa shape index (κ2) is 5.40. The molecule has 0 spiro atoms. The molecule has 0 aliphatic carbocycles. The number of methoxy groups -OCH3 is 1. The Hall–Kier alpha value is -2.63. The van der Waals surface area contributed by atoms with Gasteiger partial charge in [-0.1, -0.05) is 12.1 Å². The highest BCUT2D eigenvalue weighted by Gasteiger charge is 2.20. The molecule has 6 heteroatoms. The van der Waals surface area contributed by atoms with Gasteiger partial charge in [-0.15, -0.1) is 0 Å². The number of rotatable bonds is 2. The monoisotopic (exact) mass is 284 g/mol. The molecule has 2 heterocycles. The SMILES string of the molecule is COC(=O)c1cncc(N2CCc3cccc(N)c3C2)n1. The first kappa shape index (κ1) is 13.4. The van der Waals surface area contributed by atoms with E-state index in [1.54, 1.807) is 6.20 Å². The lowest BCUT2D eigenvalue weighted by atomic mass is 9.98. The summed E-state index contributed by atoms with van der Waals surface area (Å²) in [5.41, 5.74) is 9.43. The van der Waals surface area contributed by atoms with Crippen molar-refractivity contribution < 1.29 is 9.53 Å². The zero-order valence-corrected chi connectivity index (χ0v) is 11.7. The minimum Gasteiger partial charge on any atom is -0.464 e. The number of nitrogens with zero attached hydrogens (tertiary/aromatic N) is 3. The maximum atomic E-state index is 11.5. The molecule has 0 atom stereocenters. The van der Waals surface area contributed by atoms with Gasteiger partial charge in [0.2, 0.25) is 0 Å². The number of anilines is 2. The van der Waals surface area contributed by atoms with Gasteiger partial charge in [-0.3, -0.25) is 4.98 Å². The van der Waals surface area contributed by atoms with E-state index in [0.29, 0.717) is 12.4 Å². The van der Waals surface area contributed by atoms with Crippen LogP contribution in [0.15, 0.2) is 30.6 Å². The summed E-state index contributed by atoms with van der Waals surface area (Å²) >= 11 is 0. The fraction of sp³-hybridized carbons (Fsp3) is 0.267. The van der Waals surface area contributed by atoms with Crippen LogP contribution in [-0.4, -0.2) is 29.6 Å². The highest BCUT2D eigenvalue weighted by atomic mass is 16.5. The predicted molar refractivity (Wildman–Crippen MR) is 79.0 cm³/mol. The van der Waals surface area contributed by atoms with Crippen molar-refractivity contribution in [3.05, 3.63) is 47.4 Å². The molecular formula is C15H16N4O2. The van der Waals surface area contributed by atoms with Crippen LogP contribution in [0.3, 0.4) is 0 Å². The van der Waals surface area contributed by atoms with E-state index in [0.717, 1.165) is 24.2 Å². The van der Waals surface area contributed by atoms with Gasteiger partial charge < -0.3 is 15.4 Å². The minimum atomic E-state index is -0.485. The summed E-state index contributed by atoms with van der Waals surface area (Å²) in [5, 5.41) is 0. The Labute approximate surface area is 122 Å². The molecule has 1 aliphatic heterocycles. The van der Waals surface area contributed by atoms with E-state index < -0.39 is 5.97 Å². The first-order valence-electron chi connectivity index (χ1n) is 6.70. The van der Waals surface area contributed by atoms with Crippen LogP contribution in [0.5, 0.6) is 0 Å². The molecule has 0 saturated heterocycles. The molecule has 0 saturated carbocycles. The maximum Gasteiger partial charge on any atom is 0.358 e. The number of nitrogens with two attached hydrogens (primary N) is 1. The molecule has 0 unspecified atom stereocenters. The smallest absolute Gasteiger partial charge is 0.358 e. The average Bonchev–Trinajstić information content (AvgIpc) is 2.54. The van der Waals surface area contributed by atoms with Crippen LogP contribution >= 0.6 is 0 Å². The number of fused-ring (bicyclic) bond motifs is 1. The highest BCUT2D eigenvalue weighted by molar-refractivity contribution is 5.87. The zero-order valence-electron chi connectivity index (χ0n) is 11.7. The molecule has 1 aromatic carbocycles. The Morgan fingerprint density at radius 2 is 2.24 bits per heavy atom. The summed E-state index contributed by atoms with van der Waals surface area (Å²) in [4.78, 5) is 22.0. The Balaban J connectivity index is 1.89. The van der Waals surface area contributed by atoms with Crippen LogP contribution in [0.25, 0.3) is 0 Å². The third-order valence-corrected chi connectivity index (χ3v) is 3.65. The van der Waals surface area contributed by atoms with Crippen LogP contribution in [-0.2, 0) is 17.7 Å². The lowest BCUT2D eigenvalue weighted by Gasteiger charge is -2.30. The van der Waals surface area contributed by atoms with Crippen molar-refractivity contribution >= 4 is 17.5 Å². The van der Waals surface area contributed by atoms with Crippen LogP contribution in [0, 0.1) is 0 Å². The third-order valence-electron chi connectivity index (χ3n) is 3.65. The Bertz CT molecular complexity index is 687. The quantitative estimate of drug-likeness (QED) is 0.663. The van der Waals surface area contributed by atoms with Crippen molar-refractivity contribution in [3.8, 4) is 0 Å². The van der Waals surface area contributed by atoms with Gasteiger partial charge in [-0.25, -0.2) is 9.78 Å². The summed E-state index contributed by atoms with van der Waals surface area (Å²) in [5.74, 6) is 0.174. The number of nitrogen functional groups attached to an aromatic ring is 1. The number of aromatic nitrogens is 2. The molecule has 0 fully saturated rings. The number of hydrogen-bond donors (Lipinski definition) is 1. The molecule has 21 heavy (non-hydrogen) atoms. The van der Waals surface area contributed by atoms with Crippen molar-refractivity contribution in [1.29, 1.82) is 0 Å². The summed E-state index contributed by atoms with van der Waals surface area (Å²) < 4.78 is 4.67. The topological polar surface area (TPSA) is 81.3 Å². The number of carbonyl (C=O) groups is 1. The molecule has 0 radical (unpaired) electrons. The second-order valence-electron chi connectivity index (χ2n) is 4.91. The van der Waals surface area contributed by atoms with Crippen LogP contribution in [0.2, 0.25) is 0 Å². The molecule has 2 N–H and O–H groups in total. The van der Waals surface area contributed by atoms with Gasteiger partial charge in [0.25, 0.3) is 0 Å². The molecule has 108 valence electrons. The van der Waals surface area contributed by atoms with E-state index in [-0.39, 0.29) is 5.69 Å². The van der Waals surface area contributed by atoms with Crippen molar-refractivity contribution in [2.24, 2.45) is 0 Å². The van der Waals surface area contributed by atoms with Crippen molar-refractivity contribution in [2.45, 2.75) is 13.0 Å². The average molecular weight is 284 g/mol. The molecule has 0 bridgehead atoms. The van der Waals surface area contributed by atoms with Gasteiger partial charge in [0.05, 0.1) is 19.5 Å². The number of esters is 1. The fourth-order valence-electron chi connectivity index (χ4n) is 2.51. The molecule has 1 aromatic heterocycles. The third kappa shape index (κ3) is 2.52. The van der Waals surface area contributed by atoms with Crippen molar-refractivity contribution in [3.63, 3.8) is 0 Å². The molecule has 3 rings (SSSR count). The van der Waals surface area contributed by atoms with Gasteiger partial charge >= 0.3 is 5.97 Å². The standard InChI is InChI=1S/C15H16N4O2/c1-21-15(20)13-7-17-8-14(18-13)19-6-5-10-3-2-4-12(16)11(10)9-19/h2-4,7-8H,5-6,9,16H2,1H3. The first-order valence-corrected chi connectivity index (χ1v) is 6.70. The fourth-order valence-corrected chi connectivity index (χ4v) is 2.51. The lowest BCUT2D eigenvalue weighted by Crippen LogP contribution is -2.32. The molecule has 1 aliphatic rings. The Morgan fingerprint density at radius 3 is 3.05 bits per heavy atom. The van der Waals surface area contributed by atoms with Gasteiger partial charge in [-0.05, 0) is 23.6 Å². The van der Waals surface area contributed by atoms with Crippen molar-refractivity contribution in [2.75, 3.05) is 24.3 Å². The largest absolute Gasteiger partial charge is 0.464 e. The van der Waals surface area contributed by atoms with E-state index in [2.05, 4.69) is 25.7 Å². The summed E-state index contributed by atoms with van der Waals surface area (Å²) in [6.45, 7) is 1.48. The van der Waals surface area contributed by atoms with Crippen LogP contribution in [0.1, 0.15) is 21.6 Å².